The number of hydrogen-bond acceptors (Lipinski definition) is 4. The van der Waals surface area contributed by atoms with Gasteiger partial charge in [-0.05, 0) is 25.7 Å². The molecule has 15 heavy (non-hydrogen) atoms. The lowest BCUT2D eigenvalue weighted by atomic mass is 9.87. The lowest BCUT2D eigenvalue weighted by Crippen LogP contribution is -2.30. The fourth-order valence-electron chi connectivity index (χ4n) is 1.60. The van der Waals surface area contributed by atoms with Crippen LogP contribution < -0.4 is 0 Å². The summed E-state index contributed by atoms with van der Waals surface area (Å²) in [5.41, 5.74) is 0. The average Bonchev–Trinajstić information content (AvgIpc) is 2.11. The Morgan fingerprint density at radius 1 is 1.47 bits per heavy atom. The van der Waals surface area contributed by atoms with E-state index in [1.807, 2.05) is 0 Å². The molecule has 0 heterocycles. The van der Waals surface area contributed by atoms with Crippen LogP contribution in [0.3, 0.4) is 0 Å². The van der Waals surface area contributed by atoms with Crippen molar-refractivity contribution in [1.82, 2.24) is 0 Å². The monoisotopic (exact) mass is 234 g/mol. The van der Waals surface area contributed by atoms with E-state index in [-0.39, 0.29) is 12.2 Å². The van der Waals surface area contributed by atoms with Crippen molar-refractivity contribution in [1.29, 1.82) is 0 Å². The minimum absolute atomic E-state index is 0.0362. The van der Waals surface area contributed by atoms with Gasteiger partial charge >= 0.3 is 5.97 Å². The SMILES string of the molecule is COC(=O)CC(C)S(=O)(=O)CC1CCC1. The molecule has 0 spiro atoms. The highest BCUT2D eigenvalue weighted by Crippen LogP contribution is 2.29. The molecule has 1 aliphatic carbocycles. The van der Waals surface area contributed by atoms with Gasteiger partial charge in [-0.2, -0.15) is 0 Å². The molecule has 1 unspecified atom stereocenters. The minimum Gasteiger partial charge on any atom is -0.469 e. The maximum Gasteiger partial charge on any atom is 0.306 e. The molecule has 1 fully saturated rings. The van der Waals surface area contributed by atoms with Crippen LogP contribution >= 0.6 is 0 Å². The van der Waals surface area contributed by atoms with Crippen LogP contribution in [0.15, 0.2) is 0 Å². The minimum atomic E-state index is -3.13. The number of methoxy groups -OCH3 is 1. The summed E-state index contributed by atoms with van der Waals surface area (Å²) < 4.78 is 28.0. The molecule has 0 radical (unpaired) electrons. The summed E-state index contributed by atoms with van der Waals surface area (Å²) in [7, 11) is -1.85. The fraction of sp³-hybridized carbons (Fsp3) is 0.900. The van der Waals surface area contributed by atoms with Crippen molar-refractivity contribution in [2.24, 2.45) is 5.92 Å². The highest BCUT2D eigenvalue weighted by Gasteiger charge is 2.29. The predicted octanol–water partition coefficient (Wildman–Crippen LogP) is 1.15. The van der Waals surface area contributed by atoms with Gasteiger partial charge in [0.15, 0.2) is 9.84 Å². The van der Waals surface area contributed by atoms with Gasteiger partial charge < -0.3 is 4.74 Å². The van der Waals surface area contributed by atoms with Gasteiger partial charge in [0.2, 0.25) is 0 Å². The zero-order valence-corrected chi connectivity index (χ0v) is 10.0. The molecule has 0 aromatic carbocycles. The third-order valence-corrected chi connectivity index (χ3v) is 5.32. The maximum absolute atomic E-state index is 11.8. The molecule has 0 aliphatic heterocycles. The molecule has 1 saturated carbocycles. The molecule has 1 atom stereocenters. The summed E-state index contributed by atoms with van der Waals surface area (Å²) in [5, 5.41) is -0.620. The molecule has 0 amide bonds. The zero-order chi connectivity index (χ0) is 11.5. The first-order chi connectivity index (χ1) is 6.95. The van der Waals surface area contributed by atoms with Gasteiger partial charge in [-0.1, -0.05) is 6.42 Å². The molecule has 0 aromatic heterocycles. The Balaban J connectivity index is 2.48. The summed E-state index contributed by atoms with van der Waals surface area (Å²) in [6.07, 6.45) is 3.10. The Hall–Kier alpha value is -0.580. The Labute approximate surface area is 90.9 Å². The van der Waals surface area contributed by atoms with Gasteiger partial charge in [-0.3, -0.25) is 4.79 Å². The highest BCUT2D eigenvalue weighted by molar-refractivity contribution is 7.92. The lowest BCUT2D eigenvalue weighted by Gasteiger charge is -2.26. The topological polar surface area (TPSA) is 60.4 Å². The van der Waals surface area contributed by atoms with Crippen LogP contribution in [-0.2, 0) is 19.4 Å². The van der Waals surface area contributed by atoms with Crippen LogP contribution in [0.2, 0.25) is 0 Å². The number of rotatable bonds is 5. The molecule has 0 bridgehead atoms. The van der Waals surface area contributed by atoms with E-state index >= 15 is 0 Å². The lowest BCUT2D eigenvalue weighted by molar-refractivity contribution is -0.140. The molecular weight excluding hydrogens is 216 g/mol. The Kier molecular flexibility index (Phi) is 4.13. The van der Waals surface area contributed by atoms with Gasteiger partial charge in [-0.15, -0.1) is 0 Å². The second kappa shape index (κ2) is 4.96. The van der Waals surface area contributed by atoms with Crippen molar-refractivity contribution in [3.8, 4) is 0 Å². The van der Waals surface area contributed by atoms with Crippen molar-refractivity contribution in [2.75, 3.05) is 12.9 Å². The number of carbonyl (C=O) groups is 1. The number of carbonyl (C=O) groups excluding carboxylic acids is 1. The molecule has 0 N–H and O–H groups in total. The molecule has 1 rings (SSSR count). The smallest absolute Gasteiger partial charge is 0.306 e. The van der Waals surface area contributed by atoms with Crippen LogP contribution in [0.1, 0.15) is 32.6 Å². The van der Waals surface area contributed by atoms with Gasteiger partial charge in [0.1, 0.15) is 0 Å². The standard InChI is InChI=1S/C10H18O4S/c1-8(6-10(11)14-2)15(12,13)7-9-4-3-5-9/h8-9H,3-7H2,1-2H3. The van der Waals surface area contributed by atoms with Gasteiger partial charge in [-0.25, -0.2) is 8.42 Å². The third kappa shape index (κ3) is 3.48. The first-order valence-electron chi connectivity index (χ1n) is 5.24. The van der Waals surface area contributed by atoms with Gasteiger partial charge in [0.05, 0.1) is 24.5 Å². The third-order valence-electron chi connectivity index (χ3n) is 2.99. The largest absolute Gasteiger partial charge is 0.469 e. The van der Waals surface area contributed by atoms with E-state index in [4.69, 9.17) is 0 Å². The number of hydrogen-bond donors (Lipinski definition) is 0. The molecule has 4 nitrogen and oxygen atoms in total. The molecule has 1 aliphatic rings. The molecular formula is C10H18O4S. The fourth-order valence-corrected chi connectivity index (χ4v) is 3.31. The van der Waals surface area contributed by atoms with E-state index in [2.05, 4.69) is 4.74 Å². The van der Waals surface area contributed by atoms with Crippen molar-refractivity contribution < 1.29 is 17.9 Å². The van der Waals surface area contributed by atoms with Crippen LogP contribution in [-0.4, -0.2) is 32.5 Å². The van der Waals surface area contributed by atoms with E-state index in [9.17, 15) is 13.2 Å². The number of sulfone groups is 1. The van der Waals surface area contributed by atoms with Crippen LogP contribution in [0.5, 0.6) is 0 Å². The van der Waals surface area contributed by atoms with Gasteiger partial charge in [0, 0.05) is 0 Å². The van der Waals surface area contributed by atoms with Crippen LogP contribution in [0, 0.1) is 5.92 Å². The summed E-state index contributed by atoms with van der Waals surface area (Å²) in [6.45, 7) is 1.57. The summed E-state index contributed by atoms with van der Waals surface area (Å²) >= 11 is 0. The van der Waals surface area contributed by atoms with Crippen molar-refractivity contribution in [3.05, 3.63) is 0 Å². The van der Waals surface area contributed by atoms with Crippen molar-refractivity contribution in [2.45, 2.75) is 37.9 Å². The van der Waals surface area contributed by atoms with Crippen LogP contribution in [0.4, 0.5) is 0 Å². The van der Waals surface area contributed by atoms with E-state index < -0.39 is 21.1 Å². The van der Waals surface area contributed by atoms with Crippen LogP contribution in [0.25, 0.3) is 0 Å². The highest BCUT2D eigenvalue weighted by atomic mass is 32.2. The zero-order valence-electron chi connectivity index (χ0n) is 9.23. The van der Waals surface area contributed by atoms with E-state index in [0.29, 0.717) is 5.92 Å². The normalized spacial score (nSPS) is 19.3. The van der Waals surface area contributed by atoms with E-state index in [0.717, 1.165) is 19.3 Å². The Bertz CT molecular complexity index is 316. The summed E-state index contributed by atoms with van der Waals surface area (Å²) in [5.74, 6) is 0.0836. The first-order valence-corrected chi connectivity index (χ1v) is 6.95. The molecule has 0 saturated heterocycles. The number of ether oxygens (including phenoxy) is 1. The average molecular weight is 234 g/mol. The Morgan fingerprint density at radius 3 is 2.47 bits per heavy atom. The first kappa shape index (κ1) is 12.5. The molecule has 0 aromatic rings. The van der Waals surface area contributed by atoms with Crippen molar-refractivity contribution in [3.63, 3.8) is 0 Å². The predicted molar refractivity (Wildman–Crippen MR) is 57.2 cm³/mol. The van der Waals surface area contributed by atoms with Gasteiger partial charge in [0.25, 0.3) is 0 Å². The summed E-state index contributed by atoms with van der Waals surface area (Å²) in [4.78, 5) is 11.0. The van der Waals surface area contributed by atoms with E-state index in [1.165, 1.54) is 7.11 Å². The number of esters is 1. The quantitative estimate of drug-likeness (QED) is 0.670. The second-order valence-electron chi connectivity index (χ2n) is 4.22. The Morgan fingerprint density at radius 2 is 2.07 bits per heavy atom. The second-order valence-corrected chi connectivity index (χ2v) is 6.68. The van der Waals surface area contributed by atoms with E-state index in [1.54, 1.807) is 6.92 Å². The maximum atomic E-state index is 11.8. The van der Waals surface area contributed by atoms with Crippen molar-refractivity contribution >= 4 is 15.8 Å². The summed E-state index contributed by atoms with van der Waals surface area (Å²) in [6, 6.07) is 0. The molecule has 5 heteroatoms. The molecule has 88 valence electrons.